The molecule has 17 heavy (non-hydrogen) atoms. The standard InChI is InChI=1S/C14H20BrNO/c1-2-3-12-8-13(15)4-5-14(12)17-10-11-6-7-16-9-11/h4-5,8,11,16H,2-3,6-7,9-10H2,1H3/t11-/m1/s1. The summed E-state index contributed by atoms with van der Waals surface area (Å²) in [6.45, 7) is 5.27. The Hall–Kier alpha value is -0.540. The first-order valence-electron chi connectivity index (χ1n) is 6.41. The molecule has 0 bridgehead atoms. The fourth-order valence-corrected chi connectivity index (χ4v) is 2.63. The van der Waals surface area contributed by atoms with Crippen LogP contribution in [0, 0.1) is 5.92 Å². The molecule has 1 N–H and O–H groups in total. The molecule has 0 unspecified atom stereocenters. The molecule has 2 nitrogen and oxygen atoms in total. The summed E-state index contributed by atoms with van der Waals surface area (Å²) < 4.78 is 7.10. The number of hydrogen-bond donors (Lipinski definition) is 1. The van der Waals surface area contributed by atoms with Crippen LogP contribution in [-0.2, 0) is 6.42 Å². The normalized spacial score (nSPS) is 19.5. The Balaban J connectivity index is 1.98. The smallest absolute Gasteiger partial charge is 0.122 e. The highest BCUT2D eigenvalue weighted by molar-refractivity contribution is 9.10. The summed E-state index contributed by atoms with van der Waals surface area (Å²) in [5.74, 6) is 1.73. The Morgan fingerprint density at radius 3 is 3.06 bits per heavy atom. The number of aryl methyl sites for hydroxylation is 1. The third kappa shape index (κ3) is 3.71. The van der Waals surface area contributed by atoms with Crippen LogP contribution in [0.5, 0.6) is 5.75 Å². The van der Waals surface area contributed by atoms with Crippen molar-refractivity contribution < 1.29 is 4.74 Å². The van der Waals surface area contributed by atoms with Crippen LogP contribution in [0.2, 0.25) is 0 Å². The van der Waals surface area contributed by atoms with Gasteiger partial charge in [0.25, 0.3) is 0 Å². The summed E-state index contributed by atoms with van der Waals surface area (Å²) in [7, 11) is 0. The van der Waals surface area contributed by atoms with Gasteiger partial charge in [0, 0.05) is 16.9 Å². The van der Waals surface area contributed by atoms with Crippen molar-refractivity contribution in [1.29, 1.82) is 0 Å². The lowest BCUT2D eigenvalue weighted by molar-refractivity contribution is 0.257. The predicted molar refractivity (Wildman–Crippen MR) is 74.6 cm³/mol. The van der Waals surface area contributed by atoms with E-state index in [2.05, 4.69) is 46.4 Å². The molecular formula is C14H20BrNO. The Kier molecular flexibility index (Phi) is 4.86. The molecule has 1 aliphatic heterocycles. The Morgan fingerprint density at radius 2 is 2.35 bits per heavy atom. The van der Waals surface area contributed by atoms with Crippen LogP contribution in [0.3, 0.4) is 0 Å². The minimum absolute atomic E-state index is 0.674. The van der Waals surface area contributed by atoms with Crippen molar-refractivity contribution in [3.05, 3.63) is 28.2 Å². The van der Waals surface area contributed by atoms with Gasteiger partial charge in [0.1, 0.15) is 5.75 Å². The summed E-state index contributed by atoms with van der Waals surface area (Å²) in [5.41, 5.74) is 1.31. The van der Waals surface area contributed by atoms with Crippen molar-refractivity contribution in [2.75, 3.05) is 19.7 Å². The summed E-state index contributed by atoms with van der Waals surface area (Å²) in [4.78, 5) is 0. The van der Waals surface area contributed by atoms with Gasteiger partial charge in [-0.2, -0.15) is 0 Å². The highest BCUT2D eigenvalue weighted by Gasteiger charge is 2.15. The van der Waals surface area contributed by atoms with E-state index in [4.69, 9.17) is 4.74 Å². The molecule has 1 aromatic rings. The van der Waals surface area contributed by atoms with E-state index >= 15 is 0 Å². The van der Waals surface area contributed by atoms with Crippen LogP contribution in [0.1, 0.15) is 25.3 Å². The van der Waals surface area contributed by atoms with Gasteiger partial charge in [-0.05, 0) is 43.1 Å². The first kappa shape index (κ1) is 12.9. The minimum Gasteiger partial charge on any atom is -0.493 e. The Bertz CT molecular complexity index is 361. The van der Waals surface area contributed by atoms with E-state index in [1.165, 1.54) is 12.0 Å². The van der Waals surface area contributed by atoms with E-state index in [1.54, 1.807) is 0 Å². The zero-order valence-corrected chi connectivity index (χ0v) is 11.9. The summed E-state index contributed by atoms with van der Waals surface area (Å²) >= 11 is 3.52. The third-order valence-corrected chi connectivity index (χ3v) is 3.67. The topological polar surface area (TPSA) is 21.3 Å². The molecule has 1 atom stereocenters. The van der Waals surface area contributed by atoms with E-state index in [0.717, 1.165) is 42.8 Å². The molecule has 1 heterocycles. The first-order chi connectivity index (χ1) is 8.29. The molecule has 0 radical (unpaired) electrons. The number of benzene rings is 1. The second kappa shape index (κ2) is 6.41. The zero-order valence-electron chi connectivity index (χ0n) is 10.3. The average Bonchev–Trinajstić information content (AvgIpc) is 2.81. The molecule has 1 aromatic carbocycles. The number of halogens is 1. The van der Waals surface area contributed by atoms with Crippen LogP contribution in [0.15, 0.2) is 22.7 Å². The SMILES string of the molecule is CCCc1cc(Br)ccc1OC[C@@H]1CCNC1. The summed E-state index contributed by atoms with van der Waals surface area (Å²) in [6, 6.07) is 6.31. The van der Waals surface area contributed by atoms with Crippen molar-refractivity contribution >= 4 is 15.9 Å². The summed E-state index contributed by atoms with van der Waals surface area (Å²) in [6.07, 6.45) is 3.47. The monoisotopic (exact) mass is 297 g/mol. The van der Waals surface area contributed by atoms with E-state index in [9.17, 15) is 0 Å². The van der Waals surface area contributed by atoms with Crippen LogP contribution >= 0.6 is 15.9 Å². The van der Waals surface area contributed by atoms with Gasteiger partial charge >= 0.3 is 0 Å². The number of rotatable bonds is 5. The predicted octanol–water partition coefficient (Wildman–Crippen LogP) is 3.39. The van der Waals surface area contributed by atoms with Gasteiger partial charge in [-0.1, -0.05) is 29.3 Å². The second-order valence-electron chi connectivity index (χ2n) is 4.67. The lowest BCUT2D eigenvalue weighted by Gasteiger charge is -2.14. The molecule has 0 aromatic heterocycles. The minimum atomic E-state index is 0.674. The lowest BCUT2D eigenvalue weighted by atomic mass is 10.1. The van der Waals surface area contributed by atoms with Gasteiger partial charge in [-0.3, -0.25) is 0 Å². The van der Waals surface area contributed by atoms with Crippen molar-refractivity contribution in [2.45, 2.75) is 26.2 Å². The maximum atomic E-state index is 5.97. The van der Waals surface area contributed by atoms with Crippen LogP contribution in [-0.4, -0.2) is 19.7 Å². The maximum Gasteiger partial charge on any atom is 0.122 e. The van der Waals surface area contributed by atoms with Crippen LogP contribution in [0.4, 0.5) is 0 Å². The molecule has 2 rings (SSSR count). The van der Waals surface area contributed by atoms with Gasteiger partial charge in [0.2, 0.25) is 0 Å². The molecule has 1 fully saturated rings. The van der Waals surface area contributed by atoms with E-state index in [0.29, 0.717) is 5.92 Å². The van der Waals surface area contributed by atoms with Gasteiger partial charge < -0.3 is 10.1 Å². The molecule has 3 heteroatoms. The molecular weight excluding hydrogens is 278 g/mol. The molecule has 0 saturated carbocycles. The van der Waals surface area contributed by atoms with Gasteiger partial charge in [0.05, 0.1) is 6.61 Å². The van der Waals surface area contributed by atoms with Crippen LogP contribution in [0.25, 0.3) is 0 Å². The van der Waals surface area contributed by atoms with Crippen molar-refractivity contribution in [3.63, 3.8) is 0 Å². The molecule has 1 aliphatic rings. The lowest BCUT2D eigenvalue weighted by Crippen LogP contribution is -2.16. The second-order valence-corrected chi connectivity index (χ2v) is 5.59. The fourth-order valence-electron chi connectivity index (χ4n) is 2.22. The quantitative estimate of drug-likeness (QED) is 0.899. The fraction of sp³-hybridized carbons (Fsp3) is 0.571. The average molecular weight is 298 g/mol. The van der Waals surface area contributed by atoms with Crippen molar-refractivity contribution in [1.82, 2.24) is 5.32 Å². The van der Waals surface area contributed by atoms with Gasteiger partial charge in [-0.25, -0.2) is 0 Å². The van der Waals surface area contributed by atoms with E-state index in [1.807, 2.05) is 0 Å². The number of nitrogens with one attached hydrogen (secondary N) is 1. The Labute approximate surface area is 112 Å². The number of hydrogen-bond acceptors (Lipinski definition) is 2. The molecule has 0 spiro atoms. The Morgan fingerprint density at radius 1 is 1.47 bits per heavy atom. The van der Waals surface area contributed by atoms with Gasteiger partial charge in [0.15, 0.2) is 0 Å². The molecule has 0 amide bonds. The molecule has 94 valence electrons. The summed E-state index contributed by atoms with van der Waals surface area (Å²) in [5, 5.41) is 3.37. The van der Waals surface area contributed by atoms with E-state index in [-0.39, 0.29) is 0 Å². The molecule has 1 saturated heterocycles. The highest BCUT2D eigenvalue weighted by Crippen LogP contribution is 2.25. The zero-order chi connectivity index (χ0) is 12.1. The highest BCUT2D eigenvalue weighted by atomic mass is 79.9. The van der Waals surface area contributed by atoms with E-state index < -0.39 is 0 Å². The van der Waals surface area contributed by atoms with Crippen molar-refractivity contribution in [3.8, 4) is 5.75 Å². The van der Waals surface area contributed by atoms with Gasteiger partial charge in [-0.15, -0.1) is 0 Å². The van der Waals surface area contributed by atoms with Crippen LogP contribution < -0.4 is 10.1 Å². The number of ether oxygens (including phenoxy) is 1. The first-order valence-corrected chi connectivity index (χ1v) is 7.21. The largest absolute Gasteiger partial charge is 0.493 e. The maximum absolute atomic E-state index is 5.97. The van der Waals surface area contributed by atoms with Crippen molar-refractivity contribution in [2.24, 2.45) is 5.92 Å². The molecule has 0 aliphatic carbocycles. The third-order valence-electron chi connectivity index (χ3n) is 3.18.